The summed E-state index contributed by atoms with van der Waals surface area (Å²) in [6.07, 6.45) is -0.335. The molecule has 0 amide bonds. The third-order valence-electron chi connectivity index (χ3n) is 1.53. The van der Waals surface area contributed by atoms with E-state index in [2.05, 4.69) is 10.1 Å². The highest BCUT2D eigenvalue weighted by atomic mass is 16.5. The molecule has 0 aromatic carbocycles. The maximum absolute atomic E-state index is 5.41. The Hall–Kier alpha value is -0.980. The molecular weight excluding hydrogens is 174 g/mol. The Kier molecular flexibility index (Phi) is 3.81. The van der Waals surface area contributed by atoms with Crippen LogP contribution in [0.1, 0.15) is 17.8 Å². The molecule has 0 radical (unpaired) electrons. The van der Waals surface area contributed by atoms with E-state index in [-0.39, 0.29) is 6.10 Å². The highest BCUT2D eigenvalue weighted by molar-refractivity contribution is 4.89. The first-order valence-corrected chi connectivity index (χ1v) is 3.86. The maximum Gasteiger partial charge on any atom is 0.257 e. The highest BCUT2D eigenvalue weighted by Crippen LogP contribution is 2.12. The fourth-order valence-corrected chi connectivity index (χ4v) is 0.884. The van der Waals surface area contributed by atoms with E-state index in [0.29, 0.717) is 24.9 Å². The van der Waals surface area contributed by atoms with Crippen LogP contribution in [0.4, 0.5) is 0 Å². The van der Waals surface area contributed by atoms with Crippen molar-refractivity contribution in [3.05, 3.63) is 11.7 Å². The molecule has 0 spiro atoms. The number of aromatic nitrogens is 2. The lowest BCUT2D eigenvalue weighted by molar-refractivity contribution is 0.0803. The van der Waals surface area contributed by atoms with Crippen LogP contribution in [0.15, 0.2) is 4.52 Å². The first-order chi connectivity index (χ1) is 6.31. The minimum atomic E-state index is -0.335. The van der Waals surface area contributed by atoms with Crippen LogP contribution in [-0.2, 0) is 16.1 Å². The smallest absolute Gasteiger partial charge is 0.257 e. The molecule has 6 heteroatoms. The predicted molar refractivity (Wildman–Crippen MR) is 43.8 cm³/mol. The predicted octanol–water partition coefficient (Wildman–Crippen LogP) is -0.138. The zero-order valence-electron chi connectivity index (χ0n) is 7.69. The van der Waals surface area contributed by atoms with Gasteiger partial charge in [0.15, 0.2) is 5.82 Å². The summed E-state index contributed by atoms with van der Waals surface area (Å²) in [5.41, 5.74) is 5.41. The van der Waals surface area contributed by atoms with Crippen LogP contribution in [-0.4, -0.2) is 30.9 Å². The lowest BCUT2D eigenvalue weighted by atomic mass is 10.3. The van der Waals surface area contributed by atoms with Crippen LogP contribution >= 0.6 is 0 Å². The minimum absolute atomic E-state index is 0.311. The zero-order valence-corrected chi connectivity index (χ0v) is 7.69. The molecule has 1 rings (SSSR count). The number of nitrogens with two attached hydrogens (primary N) is 1. The summed E-state index contributed by atoms with van der Waals surface area (Å²) in [5, 5.41) is 3.68. The SMILES string of the molecule is COCc1noc(C(CN)OC)n1. The van der Waals surface area contributed by atoms with Crippen molar-refractivity contribution in [2.45, 2.75) is 12.7 Å². The molecule has 0 aliphatic carbocycles. The van der Waals surface area contributed by atoms with Gasteiger partial charge in [0.25, 0.3) is 5.89 Å². The third kappa shape index (κ3) is 2.48. The van der Waals surface area contributed by atoms with Crippen molar-refractivity contribution in [1.29, 1.82) is 0 Å². The Morgan fingerprint density at radius 2 is 2.31 bits per heavy atom. The fraction of sp³-hybridized carbons (Fsp3) is 0.714. The first kappa shape index (κ1) is 10.1. The summed E-state index contributed by atoms with van der Waals surface area (Å²) in [4.78, 5) is 4.03. The van der Waals surface area contributed by atoms with E-state index in [9.17, 15) is 0 Å². The van der Waals surface area contributed by atoms with E-state index < -0.39 is 0 Å². The Morgan fingerprint density at radius 3 is 2.85 bits per heavy atom. The molecule has 13 heavy (non-hydrogen) atoms. The normalized spacial score (nSPS) is 13.2. The van der Waals surface area contributed by atoms with E-state index in [1.807, 2.05) is 0 Å². The summed E-state index contributed by atoms with van der Waals surface area (Å²) < 4.78 is 14.8. The molecule has 1 aromatic rings. The van der Waals surface area contributed by atoms with Gasteiger partial charge in [-0.15, -0.1) is 0 Å². The fourth-order valence-electron chi connectivity index (χ4n) is 0.884. The summed E-state index contributed by atoms with van der Waals surface area (Å²) >= 11 is 0. The van der Waals surface area contributed by atoms with Crippen molar-refractivity contribution in [3.63, 3.8) is 0 Å². The van der Waals surface area contributed by atoms with E-state index in [0.717, 1.165) is 0 Å². The molecule has 1 heterocycles. The van der Waals surface area contributed by atoms with Crippen molar-refractivity contribution in [2.24, 2.45) is 5.73 Å². The third-order valence-corrected chi connectivity index (χ3v) is 1.53. The Morgan fingerprint density at radius 1 is 1.54 bits per heavy atom. The van der Waals surface area contributed by atoms with Gasteiger partial charge in [0, 0.05) is 20.8 Å². The molecule has 0 aliphatic rings. The topological polar surface area (TPSA) is 83.4 Å². The molecular formula is C7H13N3O3. The van der Waals surface area contributed by atoms with Gasteiger partial charge in [-0.3, -0.25) is 0 Å². The lowest BCUT2D eigenvalue weighted by Crippen LogP contribution is -2.14. The largest absolute Gasteiger partial charge is 0.377 e. The minimum Gasteiger partial charge on any atom is -0.377 e. The second-order valence-corrected chi connectivity index (χ2v) is 2.44. The van der Waals surface area contributed by atoms with Crippen molar-refractivity contribution >= 4 is 0 Å². The van der Waals surface area contributed by atoms with E-state index >= 15 is 0 Å². The number of hydrogen-bond donors (Lipinski definition) is 1. The average Bonchev–Trinajstić information content (AvgIpc) is 2.56. The van der Waals surface area contributed by atoms with Gasteiger partial charge in [-0.25, -0.2) is 0 Å². The molecule has 74 valence electrons. The molecule has 1 aromatic heterocycles. The molecule has 0 saturated heterocycles. The Balaban J connectivity index is 2.66. The summed E-state index contributed by atoms with van der Waals surface area (Å²) in [5.74, 6) is 0.880. The van der Waals surface area contributed by atoms with Gasteiger partial charge in [0.1, 0.15) is 12.7 Å². The number of hydrogen-bond acceptors (Lipinski definition) is 6. The van der Waals surface area contributed by atoms with Crippen LogP contribution in [0.5, 0.6) is 0 Å². The molecule has 0 bridgehead atoms. The van der Waals surface area contributed by atoms with Crippen LogP contribution in [0.3, 0.4) is 0 Å². The number of nitrogens with zero attached hydrogens (tertiary/aromatic N) is 2. The number of methoxy groups -OCH3 is 2. The maximum atomic E-state index is 5.41. The lowest BCUT2D eigenvalue weighted by Gasteiger charge is -2.05. The van der Waals surface area contributed by atoms with Gasteiger partial charge >= 0.3 is 0 Å². The van der Waals surface area contributed by atoms with Crippen LogP contribution in [0.25, 0.3) is 0 Å². The molecule has 0 fully saturated rings. The van der Waals surface area contributed by atoms with Crippen LogP contribution in [0.2, 0.25) is 0 Å². The average molecular weight is 187 g/mol. The molecule has 1 atom stereocenters. The summed E-state index contributed by atoms with van der Waals surface area (Å²) in [6, 6.07) is 0. The van der Waals surface area contributed by atoms with Crippen molar-refractivity contribution in [3.8, 4) is 0 Å². The van der Waals surface area contributed by atoms with Crippen molar-refractivity contribution in [1.82, 2.24) is 10.1 Å². The van der Waals surface area contributed by atoms with Gasteiger partial charge in [0.2, 0.25) is 0 Å². The Bertz CT molecular complexity index is 247. The number of ether oxygens (including phenoxy) is 2. The zero-order chi connectivity index (χ0) is 9.68. The molecule has 0 saturated carbocycles. The second kappa shape index (κ2) is 4.90. The standard InChI is InChI=1S/C7H13N3O3/c1-11-4-6-9-7(13-10-6)5(3-8)12-2/h5H,3-4,8H2,1-2H3. The van der Waals surface area contributed by atoms with Crippen LogP contribution < -0.4 is 5.73 Å². The number of rotatable bonds is 5. The van der Waals surface area contributed by atoms with Gasteiger partial charge in [-0.05, 0) is 0 Å². The van der Waals surface area contributed by atoms with Crippen molar-refractivity contribution < 1.29 is 14.0 Å². The van der Waals surface area contributed by atoms with E-state index in [4.69, 9.17) is 19.7 Å². The van der Waals surface area contributed by atoms with E-state index in [1.54, 1.807) is 7.11 Å². The Labute approximate surface area is 76.0 Å². The molecule has 1 unspecified atom stereocenters. The van der Waals surface area contributed by atoms with E-state index in [1.165, 1.54) is 7.11 Å². The molecule has 2 N–H and O–H groups in total. The molecule has 0 aliphatic heterocycles. The highest BCUT2D eigenvalue weighted by Gasteiger charge is 2.16. The van der Waals surface area contributed by atoms with Crippen molar-refractivity contribution in [2.75, 3.05) is 20.8 Å². The molecule has 6 nitrogen and oxygen atoms in total. The second-order valence-electron chi connectivity index (χ2n) is 2.44. The monoisotopic (exact) mass is 187 g/mol. The quantitative estimate of drug-likeness (QED) is 0.690. The first-order valence-electron chi connectivity index (χ1n) is 3.86. The van der Waals surface area contributed by atoms with Crippen LogP contribution in [0, 0.1) is 0 Å². The van der Waals surface area contributed by atoms with Gasteiger partial charge in [0.05, 0.1) is 0 Å². The summed E-state index contributed by atoms with van der Waals surface area (Å²) in [6.45, 7) is 0.635. The van der Waals surface area contributed by atoms with Gasteiger partial charge < -0.3 is 19.7 Å². The van der Waals surface area contributed by atoms with Gasteiger partial charge in [-0.2, -0.15) is 4.98 Å². The summed E-state index contributed by atoms with van der Waals surface area (Å²) in [7, 11) is 3.10. The van der Waals surface area contributed by atoms with Gasteiger partial charge in [-0.1, -0.05) is 5.16 Å².